The highest BCUT2D eigenvalue weighted by atomic mass is 32.2. The fourth-order valence-corrected chi connectivity index (χ4v) is 3.51. The molecule has 0 aliphatic carbocycles. The number of fused-ring (bicyclic) bond motifs is 1. The Hall–Kier alpha value is -3.24. The molecule has 1 amide bonds. The predicted octanol–water partition coefficient (Wildman–Crippen LogP) is 0.579. The van der Waals surface area contributed by atoms with Gasteiger partial charge in [-0.15, -0.1) is 0 Å². The van der Waals surface area contributed by atoms with Crippen molar-refractivity contribution in [1.82, 2.24) is 13.9 Å². The van der Waals surface area contributed by atoms with E-state index in [0.29, 0.717) is 16.6 Å². The van der Waals surface area contributed by atoms with Crippen LogP contribution in [0.5, 0.6) is 0 Å². The molecule has 2 N–H and O–H groups in total. The second-order valence-corrected chi connectivity index (χ2v) is 8.38. The molecule has 0 saturated carbocycles. The maximum absolute atomic E-state index is 12.4. The fourth-order valence-electron chi connectivity index (χ4n) is 2.61. The van der Waals surface area contributed by atoms with Crippen molar-refractivity contribution >= 4 is 32.5 Å². The molecule has 1 heterocycles. The van der Waals surface area contributed by atoms with E-state index in [0.717, 1.165) is 8.87 Å². The Bertz CT molecular complexity index is 1260. The molecule has 9 nitrogen and oxygen atoms in total. The van der Waals surface area contributed by atoms with Crippen LogP contribution in [0, 0.1) is 0 Å². The van der Waals surface area contributed by atoms with Gasteiger partial charge in [0.1, 0.15) is 6.54 Å². The lowest BCUT2D eigenvalue weighted by Crippen LogP contribution is -2.38. The van der Waals surface area contributed by atoms with Crippen LogP contribution in [0.3, 0.4) is 0 Å². The Balaban J connectivity index is 1.81. The molecule has 3 rings (SSSR count). The number of H-pyrrole nitrogens is 1. The lowest BCUT2D eigenvalue weighted by molar-refractivity contribution is -0.116. The number of aromatic amines is 1. The summed E-state index contributed by atoms with van der Waals surface area (Å²) < 4.78 is 26.0. The number of hydrogen-bond donors (Lipinski definition) is 2. The summed E-state index contributed by atoms with van der Waals surface area (Å²) in [5.74, 6) is -0.592. The van der Waals surface area contributed by atoms with E-state index in [1.165, 1.54) is 38.4 Å². The highest BCUT2D eigenvalue weighted by molar-refractivity contribution is 7.89. The van der Waals surface area contributed by atoms with E-state index in [9.17, 15) is 22.8 Å². The second-order valence-electron chi connectivity index (χ2n) is 6.23. The highest BCUT2D eigenvalue weighted by Crippen LogP contribution is 2.16. The number of nitrogens with one attached hydrogen (secondary N) is 2. The molecule has 3 aromatic rings. The number of carbonyl (C=O) groups is 1. The third-order valence-electron chi connectivity index (χ3n) is 4.11. The van der Waals surface area contributed by atoms with Gasteiger partial charge in [0.25, 0.3) is 5.56 Å². The first-order valence-corrected chi connectivity index (χ1v) is 9.68. The Kier molecular flexibility index (Phi) is 5.16. The maximum atomic E-state index is 12.4. The van der Waals surface area contributed by atoms with Crippen molar-refractivity contribution < 1.29 is 13.2 Å². The summed E-state index contributed by atoms with van der Waals surface area (Å²) in [7, 11) is -0.732. The van der Waals surface area contributed by atoms with Crippen LogP contribution >= 0.6 is 0 Å². The van der Waals surface area contributed by atoms with Crippen LogP contribution in [0.15, 0.2) is 63.0 Å². The largest absolute Gasteiger partial charge is 0.329 e. The lowest BCUT2D eigenvalue weighted by atomic mass is 10.2. The summed E-state index contributed by atoms with van der Waals surface area (Å²) in [5.41, 5.74) is -0.520. The third kappa shape index (κ3) is 3.73. The van der Waals surface area contributed by atoms with E-state index in [4.69, 9.17) is 0 Å². The molecule has 0 bridgehead atoms. The van der Waals surface area contributed by atoms with Crippen molar-refractivity contribution in [3.05, 3.63) is 69.4 Å². The minimum Gasteiger partial charge on any atom is -0.325 e. The van der Waals surface area contributed by atoms with Crippen molar-refractivity contribution in [3.63, 3.8) is 0 Å². The Morgan fingerprint density at radius 2 is 1.71 bits per heavy atom. The standard InChI is InChI=1S/C18H18N4O5S/c1-21(2)28(26,27)13-9-7-12(8-10-13)19-16(23)11-22-17(24)14-5-3-4-6-15(14)20-18(22)25/h3-10H,11H2,1-2H3,(H,19,23)(H,20,25). The number of carbonyl (C=O) groups excluding carboxylic acids is 1. The summed E-state index contributed by atoms with van der Waals surface area (Å²) >= 11 is 0. The smallest absolute Gasteiger partial charge is 0.325 e. The summed E-state index contributed by atoms with van der Waals surface area (Å²) in [6.07, 6.45) is 0. The summed E-state index contributed by atoms with van der Waals surface area (Å²) in [6.45, 7) is -0.475. The van der Waals surface area contributed by atoms with Crippen molar-refractivity contribution in [2.75, 3.05) is 19.4 Å². The number of sulfonamides is 1. The minimum absolute atomic E-state index is 0.0812. The molecular formula is C18H18N4O5S. The molecule has 28 heavy (non-hydrogen) atoms. The van der Waals surface area contributed by atoms with Gasteiger partial charge < -0.3 is 10.3 Å². The van der Waals surface area contributed by atoms with Gasteiger partial charge in [-0.2, -0.15) is 0 Å². The number of hydrogen-bond acceptors (Lipinski definition) is 5. The third-order valence-corrected chi connectivity index (χ3v) is 5.94. The van der Waals surface area contributed by atoms with Crippen LogP contribution < -0.4 is 16.6 Å². The van der Waals surface area contributed by atoms with Crippen molar-refractivity contribution in [2.45, 2.75) is 11.4 Å². The first-order valence-electron chi connectivity index (χ1n) is 8.24. The van der Waals surface area contributed by atoms with Gasteiger partial charge in [0, 0.05) is 19.8 Å². The van der Waals surface area contributed by atoms with Gasteiger partial charge in [0.05, 0.1) is 15.8 Å². The first-order chi connectivity index (χ1) is 13.2. The maximum Gasteiger partial charge on any atom is 0.329 e. The molecule has 0 fully saturated rings. The van der Waals surface area contributed by atoms with E-state index in [2.05, 4.69) is 10.3 Å². The molecule has 146 valence electrons. The quantitative estimate of drug-likeness (QED) is 0.647. The van der Waals surface area contributed by atoms with Crippen LogP contribution in [-0.4, -0.2) is 42.3 Å². The van der Waals surface area contributed by atoms with E-state index < -0.39 is 33.7 Å². The normalized spacial score (nSPS) is 11.7. The fraction of sp³-hybridized carbons (Fsp3) is 0.167. The first kappa shape index (κ1) is 19.5. The van der Waals surface area contributed by atoms with E-state index in [1.807, 2.05) is 0 Å². The van der Waals surface area contributed by atoms with Crippen LogP contribution in [0.25, 0.3) is 10.9 Å². The molecule has 0 atom stereocenters. The van der Waals surface area contributed by atoms with Crippen LogP contribution in [0.2, 0.25) is 0 Å². The van der Waals surface area contributed by atoms with Gasteiger partial charge in [-0.3, -0.25) is 14.2 Å². The van der Waals surface area contributed by atoms with Gasteiger partial charge in [-0.25, -0.2) is 17.5 Å². The van der Waals surface area contributed by atoms with Crippen LogP contribution in [-0.2, 0) is 21.4 Å². The SMILES string of the molecule is CN(C)S(=O)(=O)c1ccc(NC(=O)Cn2c(=O)[nH]c3ccccc3c2=O)cc1. The number of para-hydroxylation sites is 1. The molecule has 0 radical (unpaired) electrons. The van der Waals surface area contributed by atoms with E-state index in [-0.39, 0.29) is 4.90 Å². The minimum atomic E-state index is -3.57. The highest BCUT2D eigenvalue weighted by Gasteiger charge is 2.17. The number of aromatic nitrogens is 2. The Morgan fingerprint density at radius 3 is 2.36 bits per heavy atom. The zero-order chi connectivity index (χ0) is 20.5. The van der Waals surface area contributed by atoms with Crippen LogP contribution in [0.4, 0.5) is 5.69 Å². The topological polar surface area (TPSA) is 121 Å². The number of amides is 1. The monoisotopic (exact) mass is 402 g/mol. The van der Waals surface area contributed by atoms with Gasteiger partial charge in [0.2, 0.25) is 15.9 Å². The average Bonchev–Trinajstić information content (AvgIpc) is 2.65. The predicted molar refractivity (Wildman–Crippen MR) is 105 cm³/mol. The average molecular weight is 402 g/mol. The number of nitrogens with zero attached hydrogens (tertiary/aromatic N) is 2. The molecule has 0 saturated heterocycles. The molecule has 0 spiro atoms. The molecule has 0 unspecified atom stereocenters. The van der Waals surface area contributed by atoms with Crippen LogP contribution in [0.1, 0.15) is 0 Å². The molecule has 0 aliphatic heterocycles. The Labute approximate surface area is 160 Å². The molecular weight excluding hydrogens is 384 g/mol. The molecule has 2 aromatic carbocycles. The summed E-state index contributed by atoms with van der Waals surface area (Å²) in [5, 5.41) is 2.84. The molecule has 0 aliphatic rings. The van der Waals surface area contributed by atoms with Gasteiger partial charge in [-0.05, 0) is 36.4 Å². The number of benzene rings is 2. The zero-order valence-electron chi connectivity index (χ0n) is 15.2. The van der Waals surface area contributed by atoms with E-state index >= 15 is 0 Å². The van der Waals surface area contributed by atoms with Crippen molar-refractivity contribution in [3.8, 4) is 0 Å². The van der Waals surface area contributed by atoms with E-state index in [1.54, 1.807) is 24.3 Å². The zero-order valence-corrected chi connectivity index (χ0v) is 16.0. The number of anilines is 1. The summed E-state index contributed by atoms with van der Waals surface area (Å²) in [6, 6.07) is 12.1. The Morgan fingerprint density at radius 1 is 1.07 bits per heavy atom. The molecule has 1 aromatic heterocycles. The number of rotatable bonds is 5. The van der Waals surface area contributed by atoms with Gasteiger partial charge in [-0.1, -0.05) is 12.1 Å². The van der Waals surface area contributed by atoms with Gasteiger partial charge in [0.15, 0.2) is 0 Å². The second kappa shape index (κ2) is 7.41. The molecule has 10 heteroatoms. The summed E-state index contributed by atoms with van der Waals surface area (Å²) in [4.78, 5) is 39.5. The van der Waals surface area contributed by atoms with Crippen molar-refractivity contribution in [1.29, 1.82) is 0 Å². The van der Waals surface area contributed by atoms with Gasteiger partial charge >= 0.3 is 5.69 Å². The lowest BCUT2D eigenvalue weighted by Gasteiger charge is -2.12. The van der Waals surface area contributed by atoms with Crippen molar-refractivity contribution in [2.24, 2.45) is 0 Å².